The molecule has 2 unspecified atom stereocenters. The van der Waals surface area contributed by atoms with Gasteiger partial charge in [0.15, 0.2) is 5.69 Å². The van der Waals surface area contributed by atoms with Crippen molar-refractivity contribution in [2.45, 2.75) is 32.4 Å². The molecule has 0 fully saturated rings. The summed E-state index contributed by atoms with van der Waals surface area (Å²) in [5.41, 5.74) is 1.02. The van der Waals surface area contributed by atoms with Gasteiger partial charge in [-0.25, -0.2) is 4.98 Å². The molecule has 2 aromatic heterocycles. The molecule has 1 amide bonds. The van der Waals surface area contributed by atoms with Crippen molar-refractivity contribution < 1.29 is 9.90 Å². The number of imidazole rings is 1. The molecular formula is C13H16BrN3O2. The zero-order chi connectivity index (χ0) is 14.0. The van der Waals surface area contributed by atoms with Crippen molar-refractivity contribution in [1.82, 2.24) is 14.7 Å². The number of fused-ring (bicyclic) bond motifs is 1. The number of nitrogens with zero attached hydrogens (tertiary/aromatic N) is 2. The lowest BCUT2D eigenvalue weighted by atomic mass is 10.1. The first kappa shape index (κ1) is 14.0. The molecule has 6 heteroatoms. The van der Waals surface area contributed by atoms with Crippen LogP contribution in [0.3, 0.4) is 0 Å². The minimum atomic E-state index is -0.556. The number of hydrogen-bond acceptors (Lipinski definition) is 3. The van der Waals surface area contributed by atoms with Crippen molar-refractivity contribution in [3.8, 4) is 0 Å². The summed E-state index contributed by atoms with van der Waals surface area (Å²) in [7, 11) is 0. The molecule has 0 aromatic carbocycles. The lowest BCUT2D eigenvalue weighted by molar-refractivity contribution is 0.0841. The van der Waals surface area contributed by atoms with Gasteiger partial charge in [-0.1, -0.05) is 13.0 Å². The average molecular weight is 326 g/mol. The molecule has 0 aliphatic rings. The fraction of sp³-hybridized carbons (Fsp3) is 0.385. The topological polar surface area (TPSA) is 66.6 Å². The molecule has 0 saturated heterocycles. The second kappa shape index (κ2) is 5.71. The van der Waals surface area contributed by atoms with E-state index in [4.69, 9.17) is 0 Å². The molecule has 0 radical (unpaired) electrons. The van der Waals surface area contributed by atoms with E-state index in [1.807, 2.05) is 31.3 Å². The molecule has 19 heavy (non-hydrogen) atoms. The van der Waals surface area contributed by atoms with E-state index in [0.29, 0.717) is 22.4 Å². The molecule has 0 spiro atoms. The van der Waals surface area contributed by atoms with E-state index >= 15 is 0 Å². The number of aliphatic hydroxyl groups is 1. The van der Waals surface area contributed by atoms with Crippen molar-refractivity contribution in [1.29, 1.82) is 0 Å². The van der Waals surface area contributed by atoms with Crippen LogP contribution in [0.1, 0.15) is 30.8 Å². The predicted molar refractivity (Wildman–Crippen MR) is 76.1 cm³/mol. The number of rotatable bonds is 4. The van der Waals surface area contributed by atoms with Crippen LogP contribution in [-0.2, 0) is 0 Å². The molecule has 0 saturated carbocycles. The summed E-state index contributed by atoms with van der Waals surface area (Å²) in [5.74, 6) is -0.296. The lowest BCUT2D eigenvalue weighted by Crippen LogP contribution is -2.41. The Kier molecular flexibility index (Phi) is 4.21. The van der Waals surface area contributed by atoms with Crippen LogP contribution in [0.4, 0.5) is 0 Å². The highest BCUT2D eigenvalue weighted by Crippen LogP contribution is 2.18. The number of pyridine rings is 1. The number of halogens is 1. The van der Waals surface area contributed by atoms with E-state index in [-0.39, 0.29) is 11.9 Å². The van der Waals surface area contributed by atoms with Gasteiger partial charge in [-0.3, -0.25) is 9.20 Å². The summed E-state index contributed by atoms with van der Waals surface area (Å²) in [6.45, 7) is 3.64. The summed E-state index contributed by atoms with van der Waals surface area (Å²) in [6, 6.07) is 5.24. The standard InChI is InChI=1S/C13H16BrN3O2/c1-3-9(18)8(2)15-13(19)11-12(14)17-7-5-4-6-10(17)16-11/h4-9,18H,3H2,1-2H3,(H,15,19). The smallest absolute Gasteiger partial charge is 0.273 e. The van der Waals surface area contributed by atoms with E-state index in [1.54, 1.807) is 11.3 Å². The Morgan fingerprint density at radius 2 is 2.32 bits per heavy atom. The highest BCUT2D eigenvalue weighted by Gasteiger charge is 2.21. The molecule has 2 atom stereocenters. The number of hydrogen-bond donors (Lipinski definition) is 2. The second-order valence-electron chi connectivity index (χ2n) is 4.42. The third-order valence-corrected chi connectivity index (χ3v) is 3.80. The maximum Gasteiger partial charge on any atom is 0.273 e. The van der Waals surface area contributed by atoms with Gasteiger partial charge in [0.25, 0.3) is 5.91 Å². The average Bonchev–Trinajstić information content (AvgIpc) is 2.75. The van der Waals surface area contributed by atoms with Gasteiger partial charge in [-0.05, 0) is 41.4 Å². The monoisotopic (exact) mass is 325 g/mol. The Bertz CT molecular complexity index is 597. The van der Waals surface area contributed by atoms with Crippen molar-refractivity contribution >= 4 is 27.5 Å². The van der Waals surface area contributed by atoms with Gasteiger partial charge in [0.05, 0.1) is 12.1 Å². The van der Waals surface area contributed by atoms with Crippen molar-refractivity contribution in [2.75, 3.05) is 0 Å². The molecule has 5 nitrogen and oxygen atoms in total. The third-order valence-electron chi connectivity index (χ3n) is 3.04. The number of aromatic nitrogens is 2. The summed E-state index contributed by atoms with van der Waals surface area (Å²) < 4.78 is 2.40. The van der Waals surface area contributed by atoms with Gasteiger partial charge in [0.2, 0.25) is 0 Å². The first-order valence-electron chi connectivity index (χ1n) is 6.16. The Hall–Kier alpha value is -1.40. The number of amides is 1. The predicted octanol–water partition coefficient (Wildman–Crippen LogP) is 1.99. The fourth-order valence-corrected chi connectivity index (χ4v) is 2.40. The zero-order valence-electron chi connectivity index (χ0n) is 10.8. The van der Waals surface area contributed by atoms with E-state index < -0.39 is 6.10 Å². The van der Waals surface area contributed by atoms with Gasteiger partial charge >= 0.3 is 0 Å². The molecule has 2 N–H and O–H groups in total. The molecule has 102 valence electrons. The zero-order valence-corrected chi connectivity index (χ0v) is 12.4. The first-order chi connectivity index (χ1) is 9.04. The van der Waals surface area contributed by atoms with E-state index in [9.17, 15) is 9.90 Å². The van der Waals surface area contributed by atoms with Gasteiger partial charge in [0, 0.05) is 6.20 Å². The third kappa shape index (κ3) is 2.79. The number of nitrogens with one attached hydrogen (secondary N) is 1. The molecular weight excluding hydrogens is 310 g/mol. The van der Waals surface area contributed by atoms with Crippen molar-refractivity contribution in [3.63, 3.8) is 0 Å². The summed E-state index contributed by atoms with van der Waals surface area (Å²) in [6.07, 6.45) is 1.86. The normalized spacial score (nSPS) is 14.3. The minimum Gasteiger partial charge on any atom is -0.391 e. The Labute approximate surface area is 119 Å². The Balaban J connectivity index is 2.24. The highest BCUT2D eigenvalue weighted by atomic mass is 79.9. The van der Waals surface area contributed by atoms with E-state index in [0.717, 1.165) is 0 Å². The number of carbonyl (C=O) groups is 1. The molecule has 0 aliphatic carbocycles. The summed E-state index contributed by atoms with van der Waals surface area (Å²) in [4.78, 5) is 16.4. The van der Waals surface area contributed by atoms with E-state index in [1.165, 1.54) is 0 Å². The Morgan fingerprint density at radius 1 is 1.58 bits per heavy atom. The summed E-state index contributed by atoms with van der Waals surface area (Å²) in [5, 5.41) is 12.4. The lowest BCUT2D eigenvalue weighted by Gasteiger charge is -2.18. The van der Waals surface area contributed by atoms with Gasteiger partial charge in [-0.15, -0.1) is 0 Å². The molecule has 0 aliphatic heterocycles. The van der Waals surface area contributed by atoms with Gasteiger partial charge in [-0.2, -0.15) is 0 Å². The minimum absolute atomic E-state index is 0.296. The van der Waals surface area contributed by atoms with Crippen LogP contribution in [-0.4, -0.2) is 32.5 Å². The quantitative estimate of drug-likeness (QED) is 0.903. The van der Waals surface area contributed by atoms with Crippen LogP contribution in [0, 0.1) is 0 Å². The Morgan fingerprint density at radius 3 is 2.95 bits per heavy atom. The van der Waals surface area contributed by atoms with Crippen LogP contribution in [0.15, 0.2) is 29.0 Å². The second-order valence-corrected chi connectivity index (χ2v) is 5.17. The molecule has 0 bridgehead atoms. The SMILES string of the molecule is CCC(O)C(C)NC(=O)c1nc2ccccn2c1Br. The van der Waals surface area contributed by atoms with E-state index in [2.05, 4.69) is 26.2 Å². The highest BCUT2D eigenvalue weighted by molar-refractivity contribution is 9.10. The molecule has 2 aromatic rings. The first-order valence-corrected chi connectivity index (χ1v) is 6.95. The van der Waals surface area contributed by atoms with Crippen LogP contribution in [0.25, 0.3) is 5.65 Å². The maximum absolute atomic E-state index is 12.1. The maximum atomic E-state index is 12.1. The van der Waals surface area contributed by atoms with Crippen molar-refractivity contribution in [2.24, 2.45) is 0 Å². The number of carbonyl (C=O) groups excluding carboxylic acids is 1. The fourth-order valence-electron chi connectivity index (χ4n) is 1.84. The molecule has 2 heterocycles. The molecule has 2 rings (SSSR count). The van der Waals surface area contributed by atoms with Crippen LogP contribution in [0.2, 0.25) is 0 Å². The van der Waals surface area contributed by atoms with Crippen LogP contribution < -0.4 is 5.32 Å². The largest absolute Gasteiger partial charge is 0.391 e. The van der Waals surface area contributed by atoms with Crippen molar-refractivity contribution in [3.05, 3.63) is 34.7 Å². The summed E-state index contributed by atoms with van der Waals surface area (Å²) >= 11 is 3.37. The van der Waals surface area contributed by atoms with Crippen LogP contribution in [0.5, 0.6) is 0 Å². The van der Waals surface area contributed by atoms with Crippen LogP contribution >= 0.6 is 15.9 Å². The van der Waals surface area contributed by atoms with Gasteiger partial charge < -0.3 is 10.4 Å². The van der Waals surface area contributed by atoms with Gasteiger partial charge in [0.1, 0.15) is 10.3 Å². The number of aliphatic hydroxyl groups excluding tert-OH is 1.